The molecule has 2 nitrogen and oxygen atoms in total. The molecule has 2 heteroatoms. The third kappa shape index (κ3) is 2.66. The van der Waals surface area contributed by atoms with Crippen LogP contribution in [-0.2, 0) is 6.42 Å². The topological polar surface area (TPSA) is 43.1 Å². The van der Waals surface area contributed by atoms with Crippen molar-refractivity contribution in [2.45, 2.75) is 27.2 Å². The van der Waals surface area contributed by atoms with E-state index >= 15 is 0 Å². The molecule has 0 bridgehead atoms. The molecule has 0 heterocycles. The first-order valence-corrected chi connectivity index (χ1v) is 5.35. The number of hydrogen-bond donors (Lipinski definition) is 1. The van der Waals surface area contributed by atoms with E-state index in [2.05, 4.69) is 6.92 Å². The van der Waals surface area contributed by atoms with Gasteiger partial charge in [0.25, 0.3) is 0 Å². The van der Waals surface area contributed by atoms with Crippen LogP contribution in [0.2, 0.25) is 0 Å². The Morgan fingerprint density at radius 2 is 2.07 bits per heavy atom. The zero-order valence-electron chi connectivity index (χ0n) is 9.71. The van der Waals surface area contributed by atoms with Gasteiger partial charge < -0.3 is 5.73 Å². The first-order chi connectivity index (χ1) is 7.01. The van der Waals surface area contributed by atoms with Crippen molar-refractivity contribution < 1.29 is 4.79 Å². The molecular weight excluding hydrogens is 186 g/mol. The highest BCUT2D eigenvalue weighted by Gasteiger charge is 2.26. The van der Waals surface area contributed by atoms with Gasteiger partial charge in [0.2, 0.25) is 0 Å². The highest BCUT2D eigenvalue weighted by Crippen LogP contribution is 2.21. The second-order valence-electron chi connectivity index (χ2n) is 4.47. The highest BCUT2D eigenvalue weighted by atomic mass is 16.1. The molecule has 0 saturated heterocycles. The molecule has 0 unspecified atom stereocenters. The maximum atomic E-state index is 12.1. The molecule has 1 rings (SSSR count). The van der Waals surface area contributed by atoms with Crippen LogP contribution in [0.4, 0.5) is 0 Å². The van der Waals surface area contributed by atoms with E-state index in [9.17, 15) is 4.79 Å². The number of carbonyl (C=O) groups excluding carboxylic acids is 1. The van der Waals surface area contributed by atoms with Gasteiger partial charge in [-0.3, -0.25) is 4.79 Å². The molecule has 2 N–H and O–H groups in total. The van der Waals surface area contributed by atoms with Crippen LogP contribution in [0.1, 0.15) is 36.7 Å². The van der Waals surface area contributed by atoms with Crippen LogP contribution in [0.25, 0.3) is 0 Å². The Balaban J connectivity index is 3.01. The molecule has 0 spiro atoms. The van der Waals surface area contributed by atoms with Crippen molar-refractivity contribution in [3.05, 3.63) is 35.4 Å². The fraction of sp³-hybridized carbons (Fsp3) is 0.462. The summed E-state index contributed by atoms with van der Waals surface area (Å²) in [6.45, 7) is 6.22. The summed E-state index contributed by atoms with van der Waals surface area (Å²) in [6, 6.07) is 7.78. The van der Waals surface area contributed by atoms with Crippen LogP contribution in [0, 0.1) is 5.41 Å². The van der Waals surface area contributed by atoms with Crippen LogP contribution < -0.4 is 5.73 Å². The predicted octanol–water partition coefficient (Wildman–Crippen LogP) is 2.42. The number of carbonyl (C=O) groups is 1. The number of benzene rings is 1. The monoisotopic (exact) mass is 205 g/mol. The van der Waals surface area contributed by atoms with Gasteiger partial charge in [-0.1, -0.05) is 39.0 Å². The molecule has 82 valence electrons. The molecule has 15 heavy (non-hydrogen) atoms. The van der Waals surface area contributed by atoms with Crippen molar-refractivity contribution in [1.29, 1.82) is 0 Å². The summed E-state index contributed by atoms with van der Waals surface area (Å²) in [7, 11) is 0. The number of rotatable bonds is 4. The summed E-state index contributed by atoms with van der Waals surface area (Å²) in [6.07, 6.45) is 0.949. The molecule has 0 aromatic heterocycles. The van der Waals surface area contributed by atoms with Crippen molar-refractivity contribution in [3.8, 4) is 0 Å². The van der Waals surface area contributed by atoms with E-state index in [-0.39, 0.29) is 5.78 Å². The lowest BCUT2D eigenvalue weighted by atomic mass is 9.84. The second-order valence-corrected chi connectivity index (χ2v) is 4.47. The fourth-order valence-corrected chi connectivity index (χ4v) is 1.42. The average Bonchev–Trinajstić information content (AvgIpc) is 2.28. The summed E-state index contributed by atoms with van der Waals surface area (Å²) in [4.78, 5) is 12.1. The molecule has 0 aliphatic rings. The van der Waals surface area contributed by atoms with Crippen molar-refractivity contribution in [2.75, 3.05) is 6.54 Å². The Hall–Kier alpha value is -1.15. The summed E-state index contributed by atoms with van der Waals surface area (Å²) >= 11 is 0. The van der Waals surface area contributed by atoms with E-state index in [4.69, 9.17) is 5.73 Å². The van der Waals surface area contributed by atoms with E-state index in [0.717, 1.165) is 12.0 Å². The fourth-order valence-electron chi connectivity index (χ4n) is 1.42. The normalized spacial score (nSPS) is 11.5. The molecule has 0 radical (unpaired) electrons. The van der Waals surface area contributed by atoms with Gasteiger partial charge in [-0.15, -0.1) is 0 Å². The summed E-state index contributed by atoms with van der Waals surface area (Å²) in [5.74, 6) is 0.125. The van der Waals surface area contributed by atoms with Gasteiger partial charge >= 0.3 is 0 Å². The van der Waals surface area contributed by atoms with Gasteiger partial charge in [0.05, 0.1) is 0 Å². The summed E-state index contributed by atoms with van der Waals surface area (Å²) < 4.78 is 0. The molecule has 1 aromatic carbocycles. The van der Waals surface area contributed by atoms with E-state index in [1.165, 1.54) is 5.56 Å². The number of ketones is 1. The highest BCUT2D eigenvalue weighted by molar-refractivity contribution is 6.00. The lowest BCUT2D eigenvalue weighted by Crippen LogP contribution is -2.32. The van der Waals surface area contributed by atoms with Crippen molar-refractivity contribution in [3.63, 3.8) is 0 Å². The summed E-state index contributed by atoms with van der Waals surface area (Å²) in [5.41, 5.74) is 7.09. The first kappa shape index (κ1) is 11.9. The lowest BCUT2D eigenvalue weighted by molar-refractivity contribution is 0.0847. The standard InChI is InChI=1S/C13H19NO/c1-4-10-6-5-7-11(8-10)12(15)13(2,3)9-14/h5-8H,4,9,14H2,1-3H3. The number of hydrogen-bond acceptors (Lipinski definition) is 2. The average molecular weight is 205 g/mol. The van der Waals surface area contributed by atoms with E-state index in [1.807, 2.05) is 38.1 Å². The van der Waals surface area contributed by atoms with Gasteiger partial charge in [-0.25, -0.2) is 0 Å². The minimum Gasteiger partial charge on any atom is -0.329 e. The van der Waals surface area contributed by atoms with Crippen LogP contribution in [0.3, 0.4) is 0 Å². The third-order valence-electron chi connectivity index (χ3n) is 2.72. The molecule has 0 fully saturated rings. The van der Waals surface area contributed by atoms with Crippen LogP contribution >= 0.6 is 0 Å². The Bertz CT molecular complexity index is 355. The van der Waals surface area contributed by atoms with E-state index < -0.39 is 5.41 Å². The second kappa shape index (κ2) is 4.58. The molecule has 0 aliphatic heterocycles. The lowest BCUT2D eigenvalue weighted by Gasteiger charge is -2.20. The first-order valence-electron chi connectivity index (χ1n) is 5.35. The van der Waals surface area contributed by atoms with Crippen molar-refractivity contribution in [1.82, 2.24) is 0 Å². The largest absolute Gasteiger partial charge is 0.329 e. The Kier molecular flexibility index (Phi) is 3.64. The van der Waals surface area contributed by atoms with Gasteiger partial charge in [0.15, 0.2) is 5.78 Å². The molecule has 1 aromatic rings. The zero-order valence-corrected chi connectivity index (χ0v) is 9.71. The molecule has 0 aliphatic carbocycles. The molecule has 0 amide bonds. The maximum absolute atomic E-state index is 12.1. The van der Waals surface area contributed by atoms with Gasteiger partial charge in [-0.05, 0) is 18.1 Å². The molecule has 0 atom stereocenters. The van der Waals surface area contributed by atoms with Crippen LogP contribution in [0.15, 0.2) is 24.3 Å². The number of aryl methyl sites for hydroxylation is 1. The predicted molar refractivity (Wildman–Crippen MR) is 63.0 cm³/mol. The van der Waals surface area contributed by atoms with Crippen LogP contribution in [0.5, 0.6) is 0 Å². The Labute approximate surface area is 91.5 Å². The molecule has 0 saturated carbocycles. The smallest absolute Gasteiger partial charge is 0.169 e. The molecular formula is C13H19NO. The number of nitrogens with two attached hydrogens (primary N) is 1. The quantitative estimate of drug-likeness (QED) is 0.767. The Morgan fingerprint density at radius 1 is 1.40 bits per heavy atom. The minimum absolute atomic E-state index is 0.125. The Morgan fingerprint density at radius 3 is 2.60 bits per heavy atom. The van der Waals surface area contributed by atoms with Gasteiger partial charge in [-0.2, -0.15) is 0 Å². The minimum atomic E-state index is -0.466. The number of Topliss-reactive ketones (excluding diaryl/α,β-unsaturated/α-hetero) is 1. The third-order valence-corrected chi connectivity index (χ3v) is 2.72. The van der Waals surface area contributed by atoms with E-state index in [1.54, 1.807) is 0 Å². The van der Waals surface area contributed by atoms with Crippen molar-refractivity contribution >= 4 is 5.78 Å². The van der Waals surface area contributed by atoms with Crippen LogP contribution in [-0.4, -0.2) is 12.3 Å². The van der Waals surface area contributed by atoms with Gasteiger partial charge in [0.1, 0.15) is 0 Å². The van der Waals surface area contributed by atoms with E-state index in [0.29, 0.717) is 6.54 Å². The van der Waals surface area contributed by atoms with Gasteiger partial charge in [0, 0.05) is 17.5 Å². The van der Waals surface area contributed by atoms with Crippen molar-refractivity contribution in [2.24, 2.45) is 11.1 Å². The summed E-state index contributed by atoms with van der Waals surface area (Å²) in [5, 5.41) is 0. The maximum Gasteiger partial charge on any atom is 0.169 e. The SMILES string of the molecule is CCc1cccc(C(=O)C(C)(C)CN)c1. The zero-order chi connectivity index (χ0) is 11.5.